The number of amides is 3. The molecule has 0 atom stereocenters. The number of rotatable bonds is 3. The predicted molar refractivity (Wildman–Crippen MR) is 120 cm³/mol. The quantitative estimate of drug-likeness (QED) is 0.790. The van der Waals surface area contributed by atoms with Crippen LogP contribution in [0.4, 0.5) is 16.4 Å². The number of piperazine rings is 1. The lowest BCUT2D eigenvalue weighted by molar-refractivity contribution is -0.137. The van der Waals surface area contributed by atoms with Gasteiger partial charge in [0.1, 0.15) is 0 Å². The summed E-state index contributed by atoms with van der Waals surface area (Å²) in [6.07, 6.45) is 5.07. The molecule has 3 amide bonds. The van der Waals surface area contributed by atoms with E-state index in [-0.39, 0.29) is 17.9 Å². The van der Waals surface area contributed by atoms with E-state index >= 15 is 0 Å². The molecule has 2 aliphatic rings. The van der Waals surface area contributed by atoms with Crippen LogP contribution in [0.2, 0.25) is 5.02 Å². The average molecular weight is 443 g/mol. The first-order valence-corrected chi connectivity index (χ1v) is 11.0. The molecule has 2 aliphatic heterocycles. The van der Waals surface area contributed by atoms with Gasteiger partial charge in [0.15, 0.2) is 0 Å². The Kier molecular flexibility index (Phi) is 6.56. The molecule has 2 saturated heterocycles. The Morgan fingerprint density at radius 3 is 2.29 bits per heavy atom. The van der Waals surface area contributed by atoms with Crippen LogP contribution in [-0.2, 0) is 4.79 Å². The number of urea groups is 1. The third-order valence-electron chi connectivity index (χ3n) is 5.98. The summed E-state index contributed by atoms with van der Waals surface area (Å²) in [5.41, 5.74) is 1.64. The maximum atomic E-state index is 13.0. The van der Waals surface area contributed by atoms with Crippen molar-refractivity contribution < 1.29 is 9.59 Å². The van der Waals surface area contributed by atoms with Crippen molar-refractivity contribution in [2.24, 2.45) is 5.92 Å². The molecule has 1 N–H and O–H groups in total. The second-order valence-corrected chi connectivity index (χ2v) is 8.42. The largest absolute Gasteiger partial charge is 0.341 e. The van der Waals surface area contributed by atoms with Crippen LogP contribution < -0.4 is 10.2 Å². The molecule has 0 bridgehead atoms. The van der Waals surface area contributed by atoms with Crippen molar-refractivity contribution in [3.8, 4) is 0 Å². The fourth-order valence-electron chi connectivity index (χ4n) is 4.04. The molecule has 0 radical (unpaired) electrons. The standard InChI is InChI=1S/C22H27ClN6O2/c1-16-3-4-18(15-19(16)23)26-22(31)29-13-11-27(12-14-29)20(30)17-5-9-28(10-6-17)21-24-7-2-8-25-21/h2-4,7-8,15,17H,5-6,9-14H2,1H3,(H,26,31). The van der Waals surface area contributed by atoms with E-state index < -0.39 is 0 Å². The number of hydrogen-bond donors (Lipinski definition) is 1. The minimum atomic E-state index is -0.164. The summed E-state index contributed by atoms with van der Waals surface area (Å²) >= 11 is 6.14. The first-order valence-electron chi connectivity index (χ1n) is 10.6. The Morgan fingerprint density at radius 1 is 1.00 bits per heavy atom. The van der Waals surface area contributed by atoms with E-state index in [1.807, 2.05) is 24.0 Å². The minimum absolute atomic E-state index is 0.0232. The number of nitrogens with one attached hydrogen (secondary N) is 1. The van der Waals surface area contributed by atoms with Crippen LogP contribution in [0.3, 0.4) is 0 Å². The molecule has 0 saturated carbocycles. The van der Waals surface area contributed by atoms with Crippen molar-refractivity contribution in [1.82, 2.24) is 19.8 Å². The summed E-state index contributed by atoms with van der Waals surface area (Å²) < 4.78 is 0. The van der Waals surface area contributed by atoms with Gasteiger partial charge in [-0.15, -0.1) is 0 Å². The number of aromatic nitrogens is 2. The van der Waals surface area contributed by atoms with E-state index in [1.54, 1.807) is 29.4 Å². The van der Waals surface area contributed by atoms with Gasteiger partial charge < -0.3 is 20.0 Å². The molecule has 0 unspecified atom stereocenters. The summed E-state index contributed by atoms with van der Waals surface area (Å²) in [6.45, 7) is 5.64. The van der Waals surface area contributed by atoms with Crippen LogP contribution in [0, 0.1) is 12.8 Å². The van der Waals surface area contributed by atoms with E-state index in [2.05, 4.69) is 20.2 Å². The number of hydrogen-bond acceptors (Lipinski definition) is 5. The summed E-state index contributed by atoms with van der Waals surface area (Å²) in [5, 5.41) is 3.51. The topological polar surface area (TPSA) is 81.7 Å². The molecule has 9 heteroatoms. The number of nitrogens with zero attached hydrogens (tertiary/aromatic N) is 5. The summed E-state index contributed by atoms with van der Waals surface area (Å²) in [7, 11) is 0. The number of piperidine rings is 1. The van der Waals surface area contributed by atoms with Crippen LogP contribution in [0.5, 0.6) is 0 Å². The first kappa shape index (κ1) is 21.4. The normalized spacial score (nSPS) is 17.5. The molecule has 2 fully saturated rings. The predicted octanol–water partition coefficient (Wildman–Crippen LogP) is 3.03. The molecule has 1 aromatic carbocycles. The molecule has 31 heavy (non-hydrogen) atoms. The van der Waals surface area contributed by atoms with E-state index in [9.17, 15) is 9.59 Å². The number of halogens is 1. The monoisotopic (exact) mass is 442 g/mol. The lowest BCUT2D eigenvalue weighted by Crippen LogP contribution is -2.53. The van der Waals surface area contributed by atoms with Crippen molar-refractivity contribution in [1.29, 1.82) is 0 Å². The van der Waals surface area contributed by atoms with E-state index in [0.29, 0.717) is 36.9 Å². The second-order valence-electron chi connectivity index (χ2n) is 8.02. The van der Waals surface area contributed by atoms with E-state index in [4.69, 9.17) is 11.6 Å². The highest BCUT2D eigenvalue weighted by Gasteiger charge is 2.31. The van der Waals surface area contributed by atoms with E-state index in [1.165, 1.54) is 0 Å². The summed E-state index contributed by atoms with van der Waals surface area (Å²) in [4.78, 5) is 39.9. The Bertz CT molecular complexity index is 925. The minimum Gasteiger partial charge on any atom is -0.341 e. The first-order chi connectivity index (χ1) is 15.0. The van der Waals surface area contributed by atoms with Gasteiger partial charge in [0.2, 0.25) is 11.9 Å². The molecule has 2 aromatic rings. The average Bonchev–Trinajstić information content (AvgIpc) is 2.82. The van der Waals surface area contributed by atoms with Crippen molar-refractivity contribution >= 4 is 35.2 Å². The molecular weight excluding hydrogens is 416 g/mol. The fourth-order valence-corrected chi connectivity index (χ4v) is 4.22. The Balaban J connectivity index is 1.24. The number of carbonyl (C=O) groups excluding carboxylic acids is 2. The highest BCUT2D eigenvalue weighted by molar-refractivity contribution is 6.31. The molecular formula is C22H27ClN6O2. The maximum absolute atomic E-state index is 13.0. The van der Waals surface area contributed by atoms with Crippen molar-refractivity contribution in [3.63, 3.8) is 0 Å². The van der Waals surface area contributed by atoms with Crippen LogP contribution in [0.15, 0.2) is 36.7 Å². The highest BCUT2D eigenvalue weighted by Crippen LogP contribution is 2.23. The third kappa shape index (κ3) is 5.07. The molecule has 3 heterocycles. The number of carbonyl (C=O) groups is 2. The van der Waals surface area contributed by atoms with Crippen LogP contribution in [0.1, 0.15) is 18.4 Å². The smallest absolute Gasteiger partial charge is 0.321 e. The van der Waals surface area contributed by atoms with Gasteiger partial charge in [-0.1, -0.05) is 17.7 Å². The Labute approximate surface area is 187 Å². The maximum Gasteiger partial charge on any atom is 0.321 e. The lowest BCUT2D eigenvalue weighted by Gasteiger charge is -2.38. The number of aryl methyl sites for hydroxylation is 1. The van der Waals surface area contributed by atoms with Crippen molar-refractivity contribution in [3.05, 3.63) is 47.2 Å². The van der Waals surface area contributed by atoms with Crippen LogP contribution in [0.25, 0.3) is 0 Å². The van der Waals surface area contributed by atoms with Gasteiger partial charge in [-0.3, -0.25) is 4.79 Å². The van der Waals surface area contributed by atoms with Gasteiger partial charge in [-0.05, 0) is 43.5 Å². The van der Waals surface area contributed by atoms with Gasteiger partial charge in [0.25, 0.3) is 0 Å². The summed E-state index contributed by atoms with van der Waals surface area (Å²) in [6, 6.07) is 7.11. The number of anilines is 2. The zero-order chi connectivity index (χ0) is 21.8. The summed E-state index contributed by atoms with van der Waals surface area (Å²) in [5.74, 6) is 0.942. The van der Waals surface area contributed by atoms with Gasteiger partial charge in [0, 0.05) is 68.3 Å². The molecule has 8 nitrogen and oxygen atoms in total. The van der Waals surface area contributed by atoms with Gasteiger partial charge >= 0.3 is 6.03 Å². The zero-order valence-electron chi connectivity index (χ0n) is 17.6. The second kappa shape index (κ2) is 9.51. The number of benzene rings is 1. The molecule has 1 aromatic heterocycles. The lowest BCUT2D eigenvalue weighted by atomic mass is 9.95. The third-order valence-corrected chi connectivity index (χ3v) is 6.39. The highest BCUT2D eigenvalue weighted by atomic mass is 35.5. The molecule has 0 aliphatic carbocycles. The molecule has 0 spiro atoms. The SMILES string of the molecule is Cc1ccc(NC(=O)N2CCN(C(=O)C3CCN(c4ncccn4)CC3)CC2)cc1Cl. The van der Waals surface area contributed by atoms with Crippen LogP contribution in [-0.4, -0.2) is 71.0 Å². The van der Waals surface area contributed by atoms with Crippen LogP contribution >= 0.6 is 11.6 Å². The van der Waals surface area contributed by atoms with Crippen molar-refractivity contribution in [2.75, 3.05) is 49.5 Å². The van der Waals surface area contributed by atoms with E-state index in [0.717, 1.165) is 37.4 Å². The van der Waals surface area contributed by atoms with Gasteiger partial charge in [-0.25, -0.2) is 14.8 Å². The fraction of sp³-hybridized carbons (Fsp3) is 0.455. The van der Waals surface area contributed by atoms with Gasteiger partial charge in [0.05, 0.1) is 0 Å². The molecule has 164 valence electrons. The molecule has 4 rings (SSSR count). The Hall–Kier alpha value is -2.87. The zero-order valence-corrected chi connectivity index (χ0v) is 18.4. The Morgan fingerprint density at radius 2 is 1.65 bits per heavy atom. The van der Waals surface area contributed by atoms with Gasteiger partial charge in [-0.2, -0.15) is 0 Å². The van der Waals surface area contributed by atoms with Crippen molar-refractivity contribution in [2.45, 2.75) is 19.8 Å².